The van der Waals surface area contributed by atoms with Crippen molar-refractivity contribution in [2.45, 2.75) is 13.2 Å². The van der Waals surface area contributed by atoms with Crippen molar-refractivity contribution >= 4 is 17.3 Å². The van der Waals surface area contributed by atoms with Crippen LogP contribution in [0.15, 0.2) is 52.9 Å². The van der Waals surface area contributed by atoms with Gasteiger partial charge in [0, 0.05) is 11.3 Å². The van der Waals surface area contributed by atoms with Gasteiger partial charge in [0.15, 0.2) is 0 Å². The lowest BCUT2D eigenvalue weighted by Gasteiger charge is -2.09. The number of nitrogens with one attached hydrogen (secondary N) is 1. The molecular weight excluding hydrogens is 340 g/mol. The zero-order valence-electron chi connectivity index (χ0n) is 12.2. The first-order chi connectivity index (χ1) is 11.6. The van der Waals surface area contributed by atoms with Gasteiger partial charge in [0.1, 0.15) is 5.75 Å². The number of aromatic nitrogens is 2. The number of ether oxygens (including phenoxy) is 1. The van der Waals surface area contributed by atoms with Crippen LogP contribution in [-0.2, 0) is 6.54 Å². The molecule has 0 fully saturated rings. The molecule has 0 radical (unpaired) electrons. The van der Waals surface area contributed by atoms with Gasteiger partial charge < -0.3 is 14.5 Å². The molecule has 1 N–H and O–H groups in total. The number of nitrogens with zero attached hydrogens (tertiary/aromatic N) is 2. The van der Waals surface area contributed by atoms with E-state index in [1.165, 1.54) is 12.1 Å². The van der Waals surface area contributed by atoms with Crippen molar-refractivity contribution in [3.63, 3.8) is 0 Å². The average molecular weight is 352 g/mol. The highest BCUT2D eigenvalue weighted by molar-refractivity contribution is 6.32. The van der Waals surface area contributed by atoms with Crippen molar-refractivity contribution in [1.29, 1.82) is 0 Å². The Balaban J connectivity index is 1.64. The van der Waals surface area contributed by atoms with E-state index in [0.717, 1.165) is 5.56 Å². The van der Waals surface area contributed by atoms with Crippen LogP contribution in [0.1, 0.15) is 5.89 Å². The lowest BCUT2D eigenvalue weighted by atomic mass is 10.2. The summed E-state index contributed by atoms with van der Waals surface area (Å²) in [5, 5.41) is 11.0. The van der Waals surface area contributed by atoms with Crippen LogP contribution in [-0.4, -0.2) is 16.8 Å². The molecule has 0 aliphatic heterocycles. The van der Waals surface area contributed by atoms with Crippen LogP contribution in [0.3, 0.4) is 0 Å². The lowest BCUT2D eigenvalue weighted by molar-refractivity contribution is -0.0497. The highest BCUT2D eigenvalue weighted by Crippen LogP contribution is 2.29. The van der Waals surface area contributed by atoms with Gasteiger partial charge in [-0.1, -0.05) is 29.8 Å². The maximum absolute atomic E-state index is 12.2. The van der Waals surface area contributed by atoms with Crippen LogP contribution in [0.25, 0.3) is 11.5 Å². The first-order valence-electron chi connectivity index (χ1n) is 6.98. The molecule has 0 amide bonds. The Hall–Kier alpha value is -2.67. The lowest BCUT2D eigenvalue weighted by Crippen LogP contribution is -2.03. The van der Waals surface area contributed by atoms with Gasteiger partial charge in [0.2, 0.25) is 11.8 Å². The highest BCUT2D eigenvalue weighted by atomic mass is 35.5. The van der Waals surface area contributed by atoms with Gasteiger partial charge in [0.05, 0.1) is 11.6 Å². The Morgan fingerprint density at radius 2 is 1.92 bits per heavy atom. The predicted molar refractivity (Wildman–Crippen MR) is 85.1 cm³/mol. The van der Waals surface area contributed by atoms with Crippen LogP contribution in [0, 0.1) is 0 Å². The summed E-state index contributed by atoms with van der Waals surface area (Å²) in [6.45, 7) is -2.65. The van der Waals surface area contributed by atoms with Crippen molar-refractivity contribution in [3.8, 4) is 17.2 Å². The molecule has 3 rings (SSSR count). The Bertz CT molecular complexity index is 812. The minimum absolute atomic E-state index is 0.0794. The summed E-state index contributed by atoms with van der Waals surface area (Å²) in [7, 11) is 0. The highest BCUT2D eigenvalue weighted by Gasteiger charge is 2.10. The molecule has 0 saturated carbocycles. The van der Waals surface area contributed by atoms with Gasteiger partial charge in [-0.05, 0) is 30.3 Å². The smallest absolute Gasteiger partial charge is 0.387 e. The van der Waals surface area contributed by atoms with Crippen molar-refractivity contribution in [3.05, 3.63) is 59.4 Å². The molecule has 124 valence electrons. The first kappa shape index (κ1) is 16.2. The number of rotatable bonds is 6. The van der Waals surface area contributed by atoms with E-state index in [1.807, 2.05) is 30.3 Å². The normalized spacial score (nSPS) is 10.8. The maximum Gasteiger partial charge on any atom is 0.387 e. The van der Waals surface area contributed by atoms with Gasteiger partial charge in [-0.25, -0.2) is 0 Å². The molecule has 8 heteroatoms. The molecule has 0 aliphatic carbocycles. The molecular formula is C16H12ClF2N3O2. The molecule has 5 nitrogen and oxygen atoms in total. The molecule has 0 aliphatic rings. The molecule has 24 heavy (non-hydrogen) atoms. The van der Waals surface area contributed by atoms with E-state index in [-0.39, 0.29) is 17.3 Å². The summed E-state index contributed by atoms with van der Waals surface area (Å²) in [6, 6.07) is 13.8. The Morgan fingerprint density at radius 1 is 1.12 bits per heavy atom. The van der Waals surface area contributed by atoms with E-state index in [9.17, 15) is 8.78 Å². The van der Waals surface area contributed by atoms with Crippen LogP contribution in [0.5, 0.6) is 5.75 Å². The number of hydrogen-bond donors (Lipinski definition) is 1. The molecule has 1 aromatic heterocycles. The zero-order chi connectivity index (χ0) is 16.9. The fourth-order valence-corrected chi connectivity index (χ4v) is 2.23. The van der Waals surface area contributed by atoms with Crippen LogP contribution < -0.4 is 10.1 Å². The van der Waals surface area contributed by atoms with Gasteiger partial charge in [-0.15, -0.1) is 10.2 Å². The number of benzene rings is 2. The minimum atomic E-state index is -2.92. The summed E-state index contributed by atoms with van der Waals surface area (Å²) >= 11 is 5.89. The van der Waals surface area contributed by atoms with Crippen LogP contribution >= 0.6 is 11.6 Å². The van der Waals surface area contributed by atoms with E-state index in [0.29, 0.717) is 17.5 Å². The second kappa shape index (κ2) is 7.27. The van der Waals surface area contributed by atoms with Crippen LogP contribution in [0.2, 0.25) is 5.02 Å². The fourth-order valence-electron chi connectivity index (χ4n) is 2.00. The third kappa shape index (κ3) is 3.99. The third-order valence-electron chi connectivity index (χ3n) is 3.08. The number of anilines is 1. The van der Waals surface area contributed by atoms with E-state index in [4.69, 9.17) is 16.0 Å². The van der Waals surface area contributed by atoms with E-state index >= 15 is 0 Å². The fraction of sp³-hybridized carbons (Fsp3) is 0.125. The van der Waals surface area contributed by atoms with E-state index < -0.39 is 6.61 Å². The van der Waals surface area contributed by atoms with Crippen molar-refractivity contribution < 1.29 is 17.9 Å². The summed E-state index contributed by atoms with van der Waals surface area (Å²) in [6.07, 6.45) is 0. The van der Waals surface area contributed by atoms with Gasteiger partial charge in [-0.3, -0.25) is 0 Å². The molecule has 0 spiro atoms. The Kier molecular flexibility index (Phi) is 4.90. The molecule has 3 aromatic rings. The van der Waals surface area contributed by atoms with Crippen molar-refractivity contribution in [2.75, 3.05) is 5.32 Å². The standard InChI is InChI=1S/C16H12ClF2N3O2/c17-12-8-11(6-7-13(12)23-16(18)19)20-9-14-21-22-15(24-14)10-4-2-1-3-5-10/h1-8,16,20H,9H2. The van der Waals surface area contributed by atoms with Gasteiger partial charge >= 0.3 is 6.61 Å². The number of alkyl halides is 2. The van der Waals surface area contributed by atoms with E-state index in [2.05, 4.69) is 20.3 Å². The number of hydrogen-bond acceptors (Lipinski definition) is 5. The van der Waals surface area contributed by atoms with Crippen molar-refractivity contribution in [1.82, 2.24) is 10.2 Å². The molecule has 0 atom stereocenters. The molecule has 2 aromatic carbocycles. The summed E-state index contributed by atoms with van der Waals surface area (Å²) in [5.74, 6) is 0.727. The zero-order valence-corrected chi connectivity index (χ0v) is 13.0. The summed E-state index contributed by atoms with van der Waals surface area (Å²) < 4.78 is 34.2. The quantitative estimate of drug-likeness (QED) is 0.703. The summed E-state index contributed by atoms with van der Waals surface area (Å²) in [4.78, 5) is 0. The SMILES string of the molecule is FC(F)Oc1ccc(NCc2nnc(-c3ccccc3)o2)cc1Cl. The monoisotopic (exact) mass is 351 g/mol. The van der Waals surface area contributed by atoms with Crippen LogP contribution in [0.4, 0.5) is 14.5 Å². The van der Waals surface area contributed by atoms with Gasteiger partial charge in [0.25, 0.3) is 0 Å². The number of halogens is 3. The molecule has 0 bridgehead atoms. The first-order valence-corrected chi connectivity index (χ1v) is 7.35. The summed E-state index contributed by atoms with van der Waals surface area (Å²) in [5.41, 5.74) is 1.44. The average Bonchev–Trinajstić information content (AvgIpc) is 3.05. The Morgan fingerprint density at radius 3 is 2.62 bits per heavy atom. The van der Waals surface area contributed by atoms with Crippen molar-refractivity contribution in [2.24, 2.45) is 0 Å². The molecule has 0 saturated heterocycles. The molecule has 1 heterocycles. The topological polar surface area (TPSA) is 60.2 Å². The Labute approximate surface area is 141 Å². The second-order valence-electron chi connectivity index (χ2n) is 4.74. The largest absolute Gasteiger partial charge is 0.433 e. The van der Waals surface area contributed by atoms with E-state index in [1.54, 1.807) is 6.07 Å². The second-order valence-corrected chi connectivity index (χ2v) is 5.15. The predicted octanol–water partition coefficient (Wildman–Crippen LogP) is 4.60. The van der Waals surface area contributed by atoms with Gasteiger partial charge in [-0.2, -0.15) is 8.78 Å². The maximum atomic E-state index is 12.2. The molecule has 0 unspecified atom stereocenters. The minimum Gasteiger partial charge on any atom is -0.433 e. The third-order valence-corrected chi connectivity index (χ3v) is 3.37.